The first-order chi connectivity index (χ1) is 8.15. The fourth-order valence-electron chi connectivity index (χ4n) is 3.06. The smallest absolute Gasteiger partial charge is 0.126 e. The molecule has 0 N–H and O–H groups in total. The van der Waals surface area contributed by atoms with Crippen LogP contribution >= 0.6 is 0 Å². The second-order valence-corrected chi connectivity index (χ2v) is 5.29. The third-order valence-corrected chi connectivity index (χ3v) is 4.11. The van der Waals surface area contributed by atoms with Crippen molar-refractivity contribution in [2.24, 2.45) is 0 Å². The highest BCUT2D eigenvalue weighted by Gasteiger charge is 2.38. The van der Waals surface area contributed by atoms with E-state index >= 15 is 0 Å². The number of halogens is 2. The van der Waals surface area contributed by atoms with Crippen molar-refractivity contribution in [1.29, 1.82) is 0 Å². The zero-order valence-electron chi connectivity index (χ0n) is 9.83. The number of quaternary nitrogens is 1. The monoisotopic (exact) mass is 239 g/mol. The highest BCUT2D eigenvalue weighted by atomic mass is 19.1. The molecule has 0 amide bonds. The van der Waals surface area contributed by atoms with Crippen molar-refractivity contribution < 1.29 is 13.3 Å². The van der Waals surface area contributed by atoms with Gasteiger partial charge in [-0.3, -0.25) is 4.90 Å². The molecule has 3 aliphatic heterocycles. The summed E-state index contributed by atoms with van der Waals surface area (Å²) in [5.41, 5.74) is 0.790. The van der Waals surface area contributed by atoms with Crippen LogP contribution < -0.4 is 0 Å². The molecule has 3 heterocycles. The van der Waals surface area contributed by atoms with Gasteiger partial charge in [-0.1, -0.05) is 0 Å². The van der Waals surface area contributed by atoms with Gasteiger partial charge in [0.15, 0.2) is 0 Å². The van der Waals surface area contributed by atoms with E-state index in [4.69, 9.17) is 0 Å². The number of benzene rings is 1. The lowest BCUT2D eigenvalue weighted by atomic mass is 10.1. The molecule has 1 aromatic carbocycles. The third-order valence-electron chi connectivity index (χ3n) is 4.11. The van der Waals surface area contributed by atoms with Crippen LogP contribution in [-0.2, 0) is 6.54 Å². The van der Waals surface area contributed by atoms with Gasteiger partial charge in [-0.15, -0.1) is 0 Å². The van der Waals surface area contributed by atoms with Gasteiger partial charge in [-0.2, -0.15) is 0 Å². The van der Waals surface area contributed by atoms with Gasteiger partial charge in [0.2, 0.25) is 0 Å². The lowest BCUT2D eigenvalue weighted by Gasteiger charge is -2.50. The number of rotatable bonds is 2. The minimum atomic E-state index is -0.464. The van der Waals surface area contributed by atoms with E-state index in [1.807, 2.05) is 0 Å². The summed E-state index contributed by atoms with van der Waals surface area (Å²) in [6.07, 6.45) is 0. The van der Waals surface area contributed by atoms with E-state index in [9.17, 15) is 8.78 Å². The minimum Gasteiger partial charge on any atom is -0.317 e. The van der Waals surface area contributed by atoms with Crippen molar-refractivity contribution in [1.82, 2.24) is 4.90 Å². The molecule has 3 saturated heterocycles. The van der Waals surface area contributed by atoms with Crippen LogP contribution in [0.3, 0.4) is 0 Å². The van der Waals surface area contributed by atoms with Gasteiger partial charge < -0.3 is 4.48 Å². The summed E-state index contributed by atoms with van der Waals surface area (Å²) in [5, 5.41) is 0. The van der Waals surface area contributed by atoms with E-state index in [0.717, 1.165) is 61.9 Å². The topological polar surface area (TPSA) is 3.24 Å². The molecule has 0 aliphatic carbocycles. The Morgan fingerprint density at radius 1 is 0.941 bits per heavy atom. The van der Waals surface area contributed by atoms with Crippen LogP contribution in [0.4, 0.5) is 8.78 Å². The Balaban J connectivity index is 1.81. The molecule has 4 rings (SSSR count). The molecule has 0 spiro atoms. The molecule has 17 heavy (non-hydrogen) atoms. The molecule has 3 fully saturated rings. The molecule has 0 saturated carbocycles. The maximum Gasteiger partial charge on any atom is 0.126 e. The molecule has 0 radical (unpaired) electrons. The fourth-order valence-corrected chi connectivity index (χ4v) is 3.06. The summed E-state index contributed by atoms with van der Waals surface area (Å²) in [7, 11) is 0. The Hall–Kier alpha value is -1.00. The first kappa shape index (κ1) is 11.1. The van der Waals surface area contributed by atoms with Crippen LogP contribution in [-0.4, -0.2) is 48.7 Å². The van der Waals surface area contributed by atoms with E-state index in [2.05, 4.69) is 4.90 Å². The van der Waals surface area contributed by atoms with Crippen LogP contribution in [0.1, 0.15) is 5.56 Å². The van der Waals surface area contributed by atoms with Gasteiger partial charge in [0.1, 0.15) is 18.2 Å². The van der Waals surface area contributed by atoms with Crippen LogP contribution in [0.5, 0.6) is 0 Å². The van der Waals surface area contributed by atoms with Gasteiger partial charge in [-0.05, 0) is 12.1 Å². The van der Waals surface area contributed by atoms with Crippen LogP contribution in [0, 0.1) is 11.6 Å². The minimum absolute atomic E-state index is 0.464. The number of nitrogens with zero attached hydrogens (tertiary/aromatic N) is 2. The van der Waals surface area contributed by atoms with Gasteiger partial charge in [0.05, 0.1) is 19.6 Å². The van der Waals surface area contributed by atoms with Gasteiger partial charge in [0, 0.05) is 31.3 Å². The maximum absolute atomic E-state index is 13.2. The van der Waals surface area contributed by atoms with E-state index in [-0.39, 0.29) is 0 Å². The summed E-state index contributed by atoms with van der Waals surface area (Å²) in [5.74, 6) is -0.928. The molecule has 2 bridgehead atoms. The van der Waals surface area contributed by atoms with E-state index in [1.54, 1.807) is 0 Å². The SMILES string of the molecule is Fc1cc(F)cc(C[N+]23CCN(CC2)CC3)c1. The molecule has 0 aromatic heterocycles. The standard InChI is InChI=1S/C13H17F2N2/c14-12-7-11(8-13(15)9-12)10-17-4-1-16(2-5-17)3-6-17/h7-9H,1-6,10H2/q+1. The van der Waals surface area contributed by atoms with Crippen molar-refractivity contribution in [2.45, 2.75) is 6.54 Å². The largest absolute Gasteiger partial charge is 0.317 e. The van der Waals surface area contributed by atoms with Crippen molar-refractivity contribution in [3.05, 3.63) is 35.4 Å². The highest BCUT2D eigenvalue weighted by molar-refractivity contribution is 5.17. The summed E-state index contributed by atoms with van der Waals surface area (Å²) >= 11 is 0. The van der Waals surface area contributed by atoms with E-state index in [1.165, 1.54) is 12.1 Å². The third kappa shape index (κ3) is 2.19. The van der Waals surface area contributed by atoms with Crippen LogP contribution in [0.2, 0.25) is 0 Å². The molecule has 1 aromatic rings. The predicted molar refractivity (Wildman–Crippen MR) is 61.4 cm³/mol. The zero-order chi connectivity index (χ0) is 11.9. The Bertz CT molecular complexity index is 391. The first-order valence-electron chi connectivity index (χ1n) is 6.18. The molecule has 92 valence electrons. The van der Waals surface area contributed by atoms with Gasteiger partial charge >= 0.3 is 0 Å². The summed E-state index contributed by atoms with van der Waals surface area (Å²) < 4.78 is 27.3. The predicted octanol–water partition coefficient (Wildman–Crippen LogP) is 1.61. The Labute approximate surface area is 100 Å². The average Bonchev–Trinajstić information content (AvgIpc) is 2.29. The molecular weight excluding hydrogens is 222 g/mol. The molecule has 4 heteroatoms. The Morgan fingerprint density at radius 3 is 2.00 bits per heavy atom. The van der Waals surface area contributed by atoms with Crippen molar-refractivity contribution in [2.75, 3.05) is 39.3 Å². The lowest BCUT2D eigenvalue weighted by molar-refractivity contribution is -0.953. The lowest BCUT2D eigenvalue weighted by Crippen LogP contribution is -2.66. The Morgan fingerprint density at radius 2 is 1.47 bits per heavy atom. The molecular formula is C13H17F2N2+. The van der Waals surface area contributed by atoms with E-state index in [0.29, 0.717) is 0 Å². The second-order valence-electron chi connectivity index (χ2n) is 5.29. The summed E-state index contributed by atoms with van der Waals surface area (Å²) in [6.45, 7) is 7.46. The molecule has 0 unspecified atom stereocenters. The van der Waals surface area contributed by atoms with Crippen molar-refractivity contribution in [3.63, 3.8) is 0 Å². The van der Waals surface area contributed by atoms with Gasteiger partial charge in [-0.25, -0.2) is 8.78 Å². The fraction of sp³-hybridized carbons (Fsp3) is 0.538. The number of piperazine rings is 3. The zero-order valence-corrected chi connectivity index (χ0v) is 9.83. The molecule has 2 nitrogen and oxygen atoms in total. The number of hydrogen-bond acceptors (Lipinski definition) is 1. The normalized spacial score (nSPS) is 31.8. The van der Waals surface area contributed by atoms with Crippen LogP contribution in [0.15, 0.2) is 18.2 Å². The highest BCUT2D eigenvalue weighted by Crippen LogP contribution is 2.23. The first-order valence-corrected chi connectivity index (χ1v) is 6.18. The summed E-state index contributed by atoms with van der Waals surface area (Å²) in [4.78, 5) is 2.46. The second kappa shape index (κ2) is 4.03. The number of hydrogen-bond donors (Lipinski definition) is 0. The van der Waals surface area contributed by atoms with Crippen molar-refractivity contribution in [3.8, 4) is 0 Å². The summed E-state index contributed by atoms with van der Waals surface area (Å²) in [6, 6.07) is 3.88. The molecule has 0 atom stereocenters. The maximum atomic E-state index is 13.2. The molecule has 3 aliphatic rings. The quantitative estimate of drug-likeness (QED) is 0.709. The average molecular weight is 239 g/mol. The van der Waals surface area contributed by atoms with Crippen molar-refractivity contribution >= 4 is 0 Å². The van der Waals surface area contributed by atoms with E-state index < -0.39 is 11.6 Å². The van der Waals surface area contributed by atoms with Crippen LogP contribution in [0.25, 0.3) is 0 Å². The Kier molecular flexibility index (Phi) is 2.64. The van der Waals surface area contributed by atoms with Gasteiger partial charge in [0.25, 0.3) is 0 Å². The number of fused-ring (bicyclic) bond motifs is 3.